The molecule has 1 aliphatic rings. The average molecular weight is 594 g/mol. The Morgan fingerprint density at radius 3 is 2.12 bits per heavy atom. The fourth-order valence-corrected chi connectivity index (χ4v) is 4.06. The number of anilines is 1. The fourth-order valence-electron chi connectivity index (χ4n) is 4.06. The minimum atomic E-state index is -0.844. The summed E-state index contributed by atoms with van der Waals surface area (Å²) in [4.78, 5) is 55.4. The maximum Gasteiger partial charge on any atom is 0.508 e. The van der Waals surface area contributed by atoms with E-state index in [0.29, 0.717) is 12.8 Å². The van der Waals surface area contributed by atoms with Crippen LogP contribution in [0.1, 0.15) is 51.0 Å². The van der Waals surface area contributed by atoms with Crippen LogP contribution in [0.3, 0.4) is 0 Å². The molecule has 2 atom stereocenters. The monoisotopic (exact) mass is 593 g/mol. The van der Waals surface area contributed by atoms with E-state index in [-0.39, 0.29) is 25.6 Å². The van der Waals surface area contributed by atoms with Gasteiger partial charge in [0.05, 0.1) is 11.5 Å². The fraction of sp³-hybridized carbons (Fsp3) is 0.387. The summed E-state index contributed by atoms with van der Waals surface area (Å²) in [5.41, 5.74) is 0.0960. The summed E-state index contributed by atoms with van der Waals surface area (Å²) in [6, 6.07) is 19.7. The first-order valence-corrected chi connectivity index (χ1v) is 13.8. The Morgan fingerprint density at radius 1 is 0.884 bits per heavy atom. The van der Waals surface area contributed by atoms with Gasteiger partial charge in [-0.05, 0) is 50.8 Å². The molecular weight excluding hydrogens is 558 g/mol. The maximum atomic E-state index is 13.0. The number of aromatic nitrogens is 2. The molecule has 0 N–H and O–H groups in total. The number of hydrogen-bond donors (Lipinski definition) is 0. The van der Waals surface area contributed by atoms with E-state index in [9.17, 15) is 19.2 Å². The highest BCUT2D eigenvalue weighted by molar-refractivity contribution is 5.86. The summed E-state index contributed by atoms with van der Waals surface area (Å²) in [5.74, 6) is -0.599. The Hall–Kier alpha value is -4.71. The van der Waals surface area contributed by atoms with Crippen LogP contribution in [0.2, 0.25) is 0 Å². The second kappa shape index (κ2) is 14.5. The highest BCUT2D eigenvalue weighted by Crippen LogP contribution is 2.28. The van der Waals surface area contributed by atoms with Crippen LogP contribution in [0.15, 0.2) is 77.7 Å². The summed E-state index contributed by atoms with van der Waals surface area (Å²) >= 11 is 0. The molecule has 0 spiro atoms. The molecule has 1 fully saturated rings. The third-order valence-corrected chi connectivity index (χ3v) is 6.44. The molecule has 0 aliphatic carbocycles. The van der Waals surface area contributed by atoms with E-state index in [1.165, 1.54) is 16.8 Å². The molecule has 0 radical (unpaired) electrons. The summed E-state index contributed by atoms with van der Waals surface area (Å²) in [5, 5.41) is 0. The van der Waals surface area contributed by atoms with Gasteiger partial charge in [-0.25, -0.2) is 19.3 Å². The molecule has 1 saturated heterocycles. The summed E-state index contributed by atoms with van der Waals surface area (Å²) in [6.07, 6.45) is -0.307. The van der Waals surface area contributed by atoms with Gasteiger partial charge >= 0.3 is 23.9 Å². The van der Waals surface area contributed by atoms with E-state index in [4.69, 9.17) is 23.7 Å². The number of carbonyl (C=O) groups excluding carboxylic acids is 3. The number of rotatable bonds is 10. The Balaban J connectivity index is 1.36. The molecule has 228 valence electrons. The molecule has 2 aromatic carbocycles. The molecule has 3 aromatic rings. The standard InChI is InChI=1S/C31H35N3O9/c1-31(2,3)27(35)42-21-34(29(37)39-18-22-10-6-4-7-11-22)25-16-17-33(28(36)32-25)26-15-14-24(43-26)20-41-30(38)40-19-23-12-8-5-9-13-23/h4-13,16-17,24,26H,14-15,18-21H2,1-3H3/t24-,26+/m0/s1. The van der Waals surface area contributed by atoms with Crippen LogP contribution < -0.4 is 10.6 Å². The Bertz CT molecular complexity index is 1440. The lowest BCUT2D eigenvalue weighted by molar-refractivity contribution is -0.152. The molecule has 1 aliphatic heterocycles. The second-order valence-electron chi connectivity index (χ2n) is 10.9. The molecule has 2 heterocycles. The lowest BCUT2D eigenvalue weighted by atomic mass is 9.98. The van der Waals surface area contributed by atoms with Gasteiger partial charge < -0.3 is 23.7 Å². The maximum absolute atomic E-state index is 13.0. The predicted octanol–water partition coefficient (Wildman–Crippen LogP) is 4.96. The number of ether oxygens (including phenoxy) is 5. The molecule has 1 aromatic heterocycles. The predicted molar refractivity (Wildman–Crippen MR) is 154 cm³/mol. The van der Waals surface area contributed by atoms with Gasteiger partial charge in [-0.15, -0.1) is 0 Å². The van der Waals surface area contributed by atoms with Crippen molar-refractivity contribution >= 4 is 24.0 Å². The van der Waals surface area contributed by atoms with Gasteiger partial charge in [-0.3, -0.25) is 9.36 Å². The zero-order chi connectivity index (χ0) is 30.8. The third-order valence-electron chi connectivity index (χ3n) is 6.44. The molecule has 0 unspecified atom stereocenters. The number of amides is 1. The highest BCUT2D eigenvalue weighted by atomic mass is 16.7. The number of nitrogens with zero attached hydrogens (tertiary/aromatic N) is 3. The number of benzene rings is 2. The van der Waals surface area contributed by atoms with Crippen molar-refractivity contribution in [3.05, 3.63) is 94.5 Å². The topological polar surface area (TPSA) is 135 Å². The molecule has 1 amide bonds. The minimum absolute atomic E-state index is 0.0281. The SMILES string of the molecule is CC(C)(C)C(=O)OCN(C(=O)OCc1ccccc1)c1ccn([C@H]2CC[C@@H](COC(=O)OCc3ccccc3)O2)c(=O)n1. The lowest BCUT2D eigenvalue weighted by Crippen LogP contribution is -2.39. The number of carbonyl (C=O) groups is 3. The van der Waals surface area contributed by atoms with E-state index >= 15 is 0 Å². The van der Waals surface area contributed by atoms with Crippen LogP contribution in [0, 0.1) is 5.41 Å². The molecular formula is C31H35N3O9. The molecule has 0 bridgehead atoms. The van der Waals surface area contributed by atoms with Crippen molar-refractivity contribution in [2.75, 3.05) is 18.2 Å². The third kappa shape index (κ3) is 9.14. The number of hydrogen-bond acceptors (Lipinski definition) is 10. The van der Waals surface area contributed by atoms with Crippen LogP contribution in [0.4, 0.5) is 15.4 Å². The largest absolute Gasteiger partial charge is 0.508 e. The molecule has 43 heavy (non-hydrogen) atoms. The van der Waals surface area contributed by atoms with E-state index < -0.39 is 48.4 Å². The normalized spacial score (nSPS) is 16.3. The van der Waals surface area contributed by atoms with Gasteiger partial charge in [-0.1, -0.05) is 60.7 Å². The quantitative estimate of drug-likeness (QED) is 0.180. The van der Waals surface area contributed by atoms with Gasteiger partial charge in [0.1, 0.15) is 31.9 Å². The van der Waals surface area contributed by atoms with Gasteiger partial charge in [0.2, 0.25) is 0 Å². The van der Waals surface area contributed by atoms with Crippen molar-refractivity contribution in [2.24, 2.45) is 5.41 Å². The van der Waals surface area contributed by atoms with E-state index in [0.717, 1.165) is 16.0 Å². The Morgan fingerprint density at radius 2 is 1.51 bits per heavy atom. The second-order valence-corrected chi connectivity index (χ2v) is 10.9. The van der Waals surface area contributed by atoms with Crippen LogP contribution in [-0.4, -0.2) is 47.2 Å². The van der Waals surface area contributed by atoms with Crippen molar-refractivity contribution in [1.82, 2.24) is 9.55 Å². The highest BCUT2D eigenvalue weighted by Gasteiger charge is 2.30. The summed E-state index contributed by atoms with van der Waals surface area (Å²) in [6.45, 7) is 4.57. The van der Waals surface area contributed by atoms with E-state index in [1.807, 2.05) is 48.5 Å². The average Bonchev–Trinajstić information content (AvgIpc) is 3.47. The van der Waals surface area contributed by atoms with Crippen molar-refractivity contribution in [3.63, 3.8) is 0 Å². The first kappa shape index (κ1) is 31.2. The Kier molecular flexibility index (Phi) is 10.5. The van der Waals surface area contributed by atoms with Gasteiger partial charge in [-0.2, -0.15) is 4.98 Å². The summed E-state index contributed by atoms with van der Waals surface area (Å²) in [7, 11) is 0. The molecule has 0 saturated carbocycles. The minimum Gasteiger partial charge on any atom is -0.444 e. The first-order chi connectivity index (χ1) is 20.6. The van der Waals surface area contributed by atoms with Crippen LogP contribution in [0.25, 0.3) is 0 Å². The van der Waals surface area contributed by atoms with E-state index in [2.05, 4.69) is 4.98 Å². The van der Waals surface area contributed by atoms with Crippen molar-refractivity contribution in [1.29, 1.82) is 0 Å². The zero-order valence-electron chi connectivity index (χ0n) is 24.3. The molecule has 12 heteroatoms. The molecule has 12 nitrogen and oxygen atoms in total. The first-order valence-electron chi connectivity index (χ1n) is 13.8. The van der Waals surface area contributed by atoms with Gasteiger partial charge in [0, 0.05) is 6.20 Å². The van der Waals surface area contributed by atoms with Crippen LogP contribution in [0.5, 0.6) is 0 Å². The van der Waals surface area contributed by atoms with Gasteiger partial charge in [0.15, 0.2) is 6.73 Å². The lowest BCUT2D eigenvalue weighted by Gasteiger charge is -2.24. The zero-order valence-corrected chi connectivity index (χ0v) is 24.3. The van der Waals surface area contributed by atoms with Crippen LogP contribution >= 0.6 is 0 Å². The Labute approximate surface area is 249 Å². The van der Waals surface area contributed by atoms with Crippen molar-refractivity contribution in [2.45, 2.75) is 59.2 Å². The summed E-state index contributed by atoms with van der Waals surface area (Å²) < 4.78 is 28.2. The smallest absolute Gasteiger partial charge is 0.444 e. The van der Waals surface area contributed by atoms with Crippen molar-refractivity contribution in [3.8, 4) is 0 Å². The molecule has 4 rings (SSSR count). The number of esters is 1. The van der Waals surface area contributed by atoms with Crippen molar-refractivity contribution < 1.29 is 38.1 Å². The van der Waals surface area contributed by atoms with E-state index in [1.54, 1.807) is 32.9 Å². The van der Waals surface area contributed by atoms with Gasteiger partial charge in [0.25, 0.3) is 0 Å². The van der Waals surface area contributed by atoms with Crippen LogP contribution in [-0.2, 0) is 41.7 Å².